The van der Waals surface area contributed by atoms with E-state index in [9.17, 15) is 5.11 Å². The largest absolute Gasteiger partial charge is 0.507 e. The van der Waals surface area contributed by atoms with Crippen molar-refractivity contribution in [3.05, 3.63) is 35.2 Å². The van der Waals surface area contributed by atoms with Gasteiger partial charge in [-0.2, -0.15) is 0 Å². The summed E-state index contributed by atoms with van der Waals surface area (Å²) in [7, 11) is 1.88. The molecule has 4 nitrogen and oxygen atoms in total. The molecule has 0 saturated heterocycles. The van der Waals surface area contributed by atoms with Crippen LogP contribution in [0.15, 0.2) is 22.8 Å². The Bertz CT molecular complexity index is 653. The first-order chi connectivity index (χ1) is 10.5. The van der Waals surface area contributed by atoms with Crippen LogP contribution in [0.5, 0.6) is 5.75 Å². The topological polar surface area (TPSA) is 58.3 Å². The molecule has 0 atom stereocenters. The van der Waals surface area contributed by atoms with E-state index >= 15 is 0 Å². The number of oxazole rings is 1. The second-order valence-corrected chi connectivity index (χ2v) is 8.09. The molecule has 0 unspecified atom stereocenters. The molecule has 23 heavy (non-hydrogen) atoms. The number of rotatable bonds is 3. The van der Waals surface area contributed by atoms with Crippen molar-refractivity contribution in [1.29, 1.82) is 0 Å². The molecule has 1 heterocycles. The van der Waals surface area contributed by atoms with Gasteiger partial charge in [0.15, 0.2) is 0 Å². The van der Waals surface area contributed by atoms with E-state index in [4.69, 9.17) is 4.42 Å². The van der Waals surface area contributed by atoms with Gasteiger partial charge < -0.3 is 14.8 Å². The summed E-state index contributed by atoms with van der Waals surface area (Å²) in [5, 5.41) is 13.8. The van der Waals surface area contributed by atoms with Gasteiger partial charge in [0, 0.05) is 23.2 Å². The van der Waals surface area contributed by atoms with Gasteiger partial charge in [0.05, 0.1) is 5.69 Å². The molecule has 0 radical (unpaired) electrons. The van der Waals surface area contributed by atoms with E-state index in [0.29, 0.717) is 18.2 Å². The van der Waals surface area contributed by atoms with Crippen molar-refractivity contribution >= 4 is 0 Å². The quantitative estimate of drug-likeness (QED) is 0.883. The van der Waals surface area contributed by atoms with Crippen LogP contribution in [0.4, 0.5) is 0 Å². The fourth-order valence-electron chi connectivity index (χ4n) is 2.60. The Balaban J connectivity index is 2.64. The monoisotopic (exact) mass is 316 g/mol. The Morgan fingerprint density at radius 3 is 2.00 bits per heavy atom. The molecule has 0 aliphatic rings. The summed E-state index contributed by atoms with van der Waals surface area (Å²) < 4.78 is 5.65. The molecule has 4 heteroatoms. The van der Waals surface area contributed by atoms with Gasteiger partial charge in [-0.25, -0.2) is 4.98 Å². The number of benzene rings is 1. The molecular formula is C19H28N2O2. The molecule has 2 rings (SSSR count). The highest BCUT2D eigenvalue weighted by atomic mass is 16.3. The van der Waals surface area contributed by atoms with Crippen molar-refractivity contribution < 1.29 is 9.52 Å². The van der Waals surface area contributed by atoms with E-state index in [-0.39, 0.29) is 10.8 Å². The van der Waals surface area contributed by atoms with Crippen LogP contribution in [-0.2, 0) is 17.4 Å². The lowest BCUT2D eigenvalue weighted by Crippen LogP contribution is -2.17. The third kappa shape index (κ3) is 3.75. The number of nitrogens with one attached hydrogen (secondary N) is 1. The number of aromatic nitrogens is 1. The van der Waals surface area contributed by atoms with Gasteiger partial charge in [-0.05, 0) is 30.0 Å². The maximum atomic E-state index is 10.8. The lowest BCUT2D eigenvalue weighted by Gasteiger charge is -2.27. The van der Waals surface area contributed by atoms with Gasteiger partial charge in [-0.15, -0.1) is 0 Å². The number of phenolic OH excluding ortho intramolecular Hbond substituents is 1. The van der Waals surface area contributed by atoms with Gasteiger partial charge in [-0.3, -0.25) is 0 Å². The van der Waals surface area contributed by atoms with Crippen molar-refractivity contribution in [3.8, 4) is 17.2 Å². The van der Waals surface area contributed by atoms with Crippen molar-refractivity contribution in [2.45, 2.75) is 58.9 Å². The first kappa shape index (κ1) is 17.5. The Kier molecular flexibility index (Phi) is 4.58. The number of phenols is 1. The third-order valence-corrected chi connectivity index (χ3v) is 3.88. The normalized spacial score (nSPS) is 12.7. The number of nitrogens with zero attached hydrogens (tertiary/aromatic N) is 1. The Morgan fingerprint density at radius 2 is 1.57 bits per heavy atom. The van der Waals surface area contributed by atoms with Gasteiger partial charge in [-0.1, -0.05) is 41.5 Å². The SMILES string of the molecule is CNCc1coc(-c2cc(C(C)(C)C)c(O)c(C(C)(C)C)c2)n1. The van der Waals surface area contributed by atoms with E-state index in [1.165, 1.54) is 0 Å². The van der Waals surface area contributed by atoms with Crippen LogP contribution in [0, 0.1) is 0 Å². The average Bonchev–Trinajstić information content (AvgIpc) is 2.85. The van der Waals surface area contributed by atoms with Crippen molar-refractivity contribution in [2.24, 2.45) is 0 Å². The van der Waals surface area contributed by atoms with E-state index in [1.807, 2.05) is 19.2 Å². The Labute approximate surface area is 138 Å². The van der Waals surface area contributed by atoms with Crippen molar-refractivity contribution in [3.63, 3.8) is 0 Å². The van der Waals surface area contributed by atoms with E-state index in [2.05, 4.69) is 51.8 Å². The zero-order valence-electron chi connectivity index (χ0n) is 15.2. The lowest BCUT2D eigenvalue weighted by molar-refractivity contribution is 0.423. The smallest absolute Gasteiger partial charge is 0.226 e. The zero-order chi connectivity index (χ0) is 17.4. The van der Waals surface area contributed by atoms with E-state index < -0.39 is 0 Å². The molecule has 0 aliphatic carbocycles. The zero-order valence-corrected chi connectivity index (χ0v) is 15.2. The van der Waals surface area contributed by atoms with Crippen LogP contribution in [0.3, 0.4) is 0 Å². The Morgan fingerprint density at radius 1 is 1.04 bits per heavy atom. The van der Waals surface area contributed by atoms with Gasteiger partial charge >= 0.3 is 0 Å². The fourth-order valence-corrected chi connectivity index (χ4v) is 2.60. The van der Waals surface area contributed by atoms with Gasteiger partial charge in [0.2, 0.25) is 5.89 Å². The molecule has 1 aromatic carbocycles. The molecule has 0 spiro atoms. The first-order valence-corrected chi connectivity index (χ1v) is 8.01. The molecule has 0 amide bonds. The van der Waals surface area contributed by atoms with Crippen LogP contribution in [0.25, 0.3) is 11.5 Å². The molecular weight excluding hydrogens is 288 g/mol. The maximum absolute atomic E-state index is 10.8. The predicted molar refractivity (Wildman–Crippen MR) is 93.8 cm³/mol. The van der Waals surface area contributed by atoms with Crippen LogP contribution >= 0.6 is 0 Å². The molecule has 0 fully saturated rings. The third-order valence-electron chi connectivity index (χ3n) is 3.88. The molecule has 1 aromatic heterocycles. The minimum atomic E-state index is -0.166. The van der Waals surface area contributed by atoms with Crippen molar-refractivity contribution in [2.75, 3.05) is 7.05 Å². The van der Waals surface area contributed by atoms with Crippen LogP contribution in [0.1, 0.15) is 58.4 Å². The van der Waals surface area contributed by atoms with E-state index in [0.717, 1.165) is 22.4 Å². The average molecular weight is 316 g/mol. The molecule has 0 aliphatic heterocycles. The molecule has 2 aromatic rings. The number of aromatic hydroxyl groups is 1. The molecule has 0 saturated carbocycles. The number of hydrogen-bond donors (Lipinski definition) is 2. The lowest BCUT2D eigenvalue weighted by atomic mass is 9.78. The van der Waals surface area contributed by atoms with Gasteiger partial charge in [0.1, 0.15) is 12.0 Å². The van der Waals surface area contributed by atoms with Crippen molar-refractivity contribution in [1.82, 2.24) is 10.3 Å². The summed E-state index contributed by atoms with van der Waals surface area (Å²) >= 11 is 0. The highest BCUT2D eigenvalue weighted by molar-refractivity contribution is 5.63. The summed E-state index contributed by atoms with van der Waals surface area (Å²) in [6.45, 7) is 13.3. The Hall–Kier alpha value is -1.81. The second kappa shape index (κ2) is 6.00. The van der Waals surface area contributed by atoms with E-state index in [1.54, 1.807) is 6.26 Å². The summed E-state index contributed by atoms with van der Waals surface area (Å²) in [5.41, 5.74) is 3.26. The maximum Gasteiger partial charge on any atom is 0.226 e. The second-order valence-electron chi connectivity index (χ2n) is 8.09. The summed E-state index contributed by atoms with van der Waals surface area (Å²) in [5.74, 6) is 0.960. The van der Waals surface area contributed by atoms with Gasteiger partial charge in [0.25, 0.3) is 0 Å². The summed E-state index contributed by atoms with van der Waals surface area (Å²) in [4.78, 5) is 4.54. The minimum Gasteiger partial charge on any atom is -0.507 e. The first-order valence-electron chi connectivity index (χ1n) is 8.01. The molecule has 2 N–H and O–H groups in total. The summed E-state index contributed by atoms with van der Waals surface area (Å²) in [6, 6.07) is 3.97. The van der Waals surface area contributed by atoms with Crippen LogP contribution in [-0.4, -0.2) is 17.1 Å². The predicted octanol–water partition coefficient (Wildman–Crippen LogP) is 4.36. The number of hydrogen-bond acceptors (Lipinski definition) is 4. The highest BCUT2D eigenvalue weighted by Gasteiger charge is 2.27. The van der Waals surface area contributed by atoms with Crippen LogP contribution in [0.2, 0.25) is 0 Å². The fraction of sp³-hybridized carbons (Fsp3) is 0.526. The molecule has 0 bridgehead atoms. The standard InChI is InChI=1S/C19H28N2O2/c1-18(2,3)14-8-12(9-15(16(14)22)19(4,5)6)17-21-13(10-20-7)11-23-17/h8-9,11,20,22H,10H2,1-7H3. The van der Waals surface area contributed by atoms with Crippen LogP contribution < -0.4 is 5.32 Å². The highest BCUT2D eigenvalue weighted by Crippen LogP contribution is 2.41. The summed E-state index contributed by atoms with van der Waals surface area (Å²) in [6.07, 6.45) is 1.67. The minimum absolute atomic E-state index is 0.166. The molecule has 126 valence electrons.